The van der Waals surface area contributed by atoms with E-state index in [0.717, 1.165) is 5.56 Å². The first-order chi connectivity index (χ1) is 7.98. The molecule has 3 atom stereocenters. The molecule has 1 rings (SSSR count). The van der Waals surface area contributed by atoms with Crippen LogP contribution in [0, 0.1) is 0 Å². The van der Waals surface area contributed by atoms with Crippen LogP contribution in [0.5, 0.6) is 0 Å². The molecule has 0 aliphatic rings. The summed E-state index contributed by atoms with van der Waals surface area (Å²) in [6.45, 7) is 1.73. The summed E-state index contributed by atoms with van der Waals surface area (Å²) in [6.07, 6.45) is 1.21. The van der Waals surface area contributed by atoms with Crippen LogP contribution in [0.2, 0.25) is 0 Å². The molecule has 5 heteroatoms. The summed E-state index contributed by atoms with van der Waals surface area (Å²) in [4.78, 5) is 9.71. The molecule has 4 N–H and O–H groups in total. The van der Waals surface area contributed by atoms with E-state index < -0.39 is 19.0 Å². The van der Waals surface area contributed by atoms with Gasteiger partial charge in [0, 0.05) is 0 Å². The Kier molecular flexibility index (Phi) is 5.34. The first-order valence-corrected chi connectivity index (χ1v) is 7.58. The van der Waals surface area contributed by atoms with E-state index >= 15 is 0 Å². The summed E-state index contributed by atoms with van der Waals surface area (Å²) in [5.41, 5.74) is 6.59. The third-order valence-electron chi connectivity index (χ3n) is 2.85. The van der Waals surface area contributed by atoms with Gasteiger partial charge in [0.1, 0.15) is 5.85 Å². The SMILES string of the molecule is CCC(N)P(=O)(O)C(O)CCc1ccccc1. The molecule has 17 heavy (non-hydrogen) atoms. The van der Waals surface area contributed by atoms with Gasteiger partial charge in [-0.15, -0.1) is 0 Å². The average molecular weight is 257 g/mol. The fraction of sp³-hybridized carbons (Fsp3) is 0.500. The van der Waals surface area contributed by atoms with Crippen LogP contribution in [0.1, 0.15) is 25.3 Å². The third-order valence-corrected chi connectivity index (χ3v) is 5.28. The Morgan fingerprint density at radius 2 is 1.94 bits per heavy atom. The van der Waals surface area contributed by atoms with Crippen molar-refractivity contribution in [2.45, 2.75) is 37.8 Å². The van der Waals surface area contributed by atoms with Crippen molar-refractivity contribution in [3.63, 3.8) is 0 Å². The molecule has 96 valence electrons. The van der Waals surface area contributed by atoms with Gasteiger partial charge >= 0.3 is 0 Å². The normalized spacial score (nSPS) is 18.4. The van der Waals surface area contributed by atoms with Gasteiger partial charge in [-0.1, -0.05) is 37.3 Å². The highest BCUT2D eigenvalue weighted by molar-refractivity contribution is 7.59. The minimum atomic E-state index is -3.68. The van der Waals surface area contributed by atoms with Crippen molar-refractivity contribution < 1.29 is 14.6 Å². The fourth-order valence-corrected chi connectivity index (χ4v) is 3.07. The molecule has 0 aliphatic heterocycles. The maximum absolute atomic E-state index is 11.8. The molecule has 0 fully saturated rings. The van der Waals surface area contributed by atoms with Gasteiger partial charge in [-0.2, -0.15) is 0 Å². The van der Waals surface area contributed by atoms with Gasteiger partial charge < -0.3 is 15.7 Å². The molecular weight excluding hydrogens is 237 g/mol. The molecule has 0 spiro atoms. The standard InChI is InChI=1S/C12H20NO3P/c1-2-11(13)17(15,16)12(14)9-8-10-6-4-3-5-7-10/h3-7,11-12,14H,2,8-9,13H2,1H3,(H,15,16). The van der Waals surface area contributed by atoms with Crippen molar-refractivity contribution in [1.29, 1.82) is 0 Å². The lowest BCUT2D eigenvalue weighted by molar-refractivity contribution is 0.217. The van der Waals surface area contributed by atoms with Gasteiger partial charge in [0.05, 0.1) is 5.78 Å². The quantitative estimate of drug-likeness (QED) is 0.680. The Labute approximate surface area is 102 Å². The lowest BCUT2D eigenvalue weighted by Gasteiger charge is -2.23. The van der Waals surface area contributed by atoms with Crippen LogP contribution >= 0.6 is 7.37 Å². The van der Waals surface area contributed by atoms with Crippen molar-refractivity contribution in [2.24, 2.45) is 5.73 Å². The molecule has 0 aliphatic carbocycles. The van der Waals surface area contributed by atoms with Crippen LogP contribution in [0.15, 0.2) is 30.3 Å². The van der Waals surface area contributed by atoms with E-state index in [2.05, 4.69) is 0 Å². The average Bonchev–Trinajstić information content (AvgIpc) is 2.35. The Morgan fingerprint density at radius 3 is 2.47 bits per heavy atom. The zero-order valence-electron chi connectivity index (χ0n) is 9.99. The fourth-order valence-electron chi connectivity index (χ4n) is 1.61. The summed E-state index contributed by atoms with van der Waals surface area (Å²) in [5.74, 6) is -2.08. The molecule has 3 unspecified atom stereocenters. The van der Waals surface area contributed by atoms with Crippen LogP contribution in [0.25, 0.3) is 0 Å². The second-order valence-corrected chi connectivity index (χ2v) is 6.76. The number of aryl methyl sites for hydroxylation is 1. The molecule has 4 nitrogen and oxygen atoms in total. The summed E-state index contributed by atoms with van der Waals surface area (Å²) in [7, 11) is -3.68. The zero-order valence-corrected chi connectivity index (χ0v) is 10.9. The van der Waals surface area contributed by atoms with Gasteiger partial charge in [0.25, 0.3) is 0 Å². The summed E-state index contributed by atoms with van der Waals surface area (Å²) in [6, 6.07) is 9.56. The van der Waals surface area contributed by atoms with E-state index in [1.165, 1.54) is 0 Å². The van der Waals surface area contributed by atoms with Crippen LogP contribution in [-0.2, 0) is 11.0 Å². The summed E-state index contributed by atoms with van der Waals surface area (Å²) in [5, 5.41) is 9.75. The number of benzene rings is 1. The Morgan fingerprint density at radius 1 is 1.35 bits per heavy atom. The molecule has 0 radical (unpaired) electrons. The van der Waals surface area contributed by atoms with Crippen LogP contribution in [-0.4, -0.2) is 21.6 Å². The molecule has 1 aromatic carbocycles. The minimum absolute atomic E-state index is 0.255. The second kappa shape index (κ2) is 6.31. The highest BCUT2D eigenvalue weighted by atomic mass is 31.2. The third kappa shape index (κ3) is 3.93. The number of hydrogen-bond acceptors (Lipinski definition) is 3. The molecule has 0 saturated carbocycles. The lowest BCUT2D eigenvalue weighted by Crippen LogP contribution is -2.25. The van der Waals surface area contributed by atoms with E-state index in [1.54, 1.807) is 6.92 Å². The summed E-state index contributed by atoms with van der Waals surface area (Å²) < 4.78 is 11.8. The van der Waals surface area contributed by atoms with Crippen LogP contribution < -0.4 is 5.73 Å². The second-order valence-electron chi connectivity index (χ2n) is 4.15. The molecule has 0 amide bonds. The molecular formula is C12H20NO3P. The van der Waals surface area contributed by atoms with Crippen molar-refractivity contribution in [2.75, 3.05) is 0 Å². The van der Waals surface area contributed by atoms with Gasteiger partial charge in [-0.25, -0.2) is 0 Å². The first kappa shape index (κ1) is 14.4. The molecule has 0 aromatic heterocycles. The highest BCUT2D eigenvalue weighted by Crippen LogP contribution is 2.50. The monoisotopic (exact) mass is 257 g/mol. The number of nitrogens with two attached hydrogens (primary N) is 1. The number of hydrogen-bond donors (Lipinski definition) is 3. The van der Waals surface area contributed by atoms with E-state index in [9.17, 15) is 14.6 Å². The van der Waals surface area contributed by atoms with Crippen molar-refractivity contribution in [3.8, 4) is 0 Å². The Hall–Kier alpha value is -0.670. The predicted octanol–water partition coefficient (Wildman–Crippen LogP) is 1.90. The maximum Gasteiger partial charge on any atom is 0.244 e. The molecule has 0 heterocycles. The van der Waals surface area contributed by atoms with Gasteiger partial charge in [-0.05, 0) is 24.8 Å². The molecule has 0 bridgehead atoms. The first-order valence-electron chi connectivity index (χ1n) is 5.78. The van der Waals surface area contributed by atoms with Gasteiger partial charge in [0.2, 0.25) is 7.37 Å². The Balaban J connectivity index is 2.55. The highest BCUT2D eigenvalue weighted by Gasteiger charge is 2.34. The Bertz CT molecular complexity index is 383. The van der Waals surface area contributed by atoms with E-state index in [1.807, 2.05) is 30.3 Å². The maximum atomic E-state index is 11.8. The number of aliphatic hydroxyl groups excluding tert-OH is 1. The van der Waals surface area contributed by atoms with Crippen LogP contribution in [0.3, 0.4) is 0 Å². The number of rotatable bonds is 6. The smallest absolute Gasteiger partial charge is 0.244 e. The van der Waals surface area contributed by atoms with Gasteiger partial charge in [-0.3, -0.25) is 4.57 Å². The van der Waals surface area contributed by atoms with E-state index in [4.69, 9.17) is 5.73 Å². The van der Waals surface area contributed by atoms with Gasteiger partial charge in [0.15, 0.2) is 0 Å². The predicted molar refractivity (Wildman–Crippen MR) is 68.9 cm³/mol. The van der Waals surface area contributed by atoms with Crippen molar-refractivity contribution in [3.05, 3.63) is 35.9 Å². The van der Waals surface area contributed by atoms with Crippen LogP contribution in [0.4, 0.5) is 0 Å². The van der Waals surface area contributed by atoms with E-state index in [-0.39, 0.29) is 6.42 Å². The topological polar surface area (TPSA) is 83.6 Å². The molecule has 0 saturated heterocycles. The van der Waals surface area contributed by atoms with E-state index in [0.29, 0.717) is 12.8 Å². The summed E-state index contributed by atoms with van der Waals surface area (Å²) >= 11 is 0. The van der Waals surface area contributed by atoms with Crippen molar-refractivity contribution in [1.82, 2.24) is 0 Å². The molecule has 1 aromatic rings. The number of aliphatic hydroxyl groups is 1. The zero-order chi connectivity index (χ0) is 12.9. The van der Waals surface area contributed by atoms with Crippen molar-refractivity contribution >= 4 is 7.37 Å². The largest absolute Gasteiger partial charge is 0.383 e. The lowest BCUT2D eigenvalue weighted by atomic mass is 10.1. The minimum Gasteiger partial charge on any atom is -0.383 e.